The summed E-state index contributed by atoms with van der Waals surface area (Å²) in [7, 11) is 0. The first kappa shape index (κ1) is 12.8. The van der Waals surface area contributed by atoms with Gasteiger partial charge in [0.2, 0.25) is 0 Å². The fourth-order valence-corrected chi connectivity index (χ4v) is 1.30. The van der Waals surface area contributed by atoms with Crippen molar-refractivity contribution in [1.29, 1.82) is 0 Å². The van der Waals surface area contributed by atoms with E-state index in [2.05, 4.69) is 0 Å². The molecular weight excluding hydrogens is 208 g/mol. The Morgan fingerprint density at radius 2 is 2.31 bits per heavy atom. The van der Waals surface area contributed by atoms with Crippen molar-refractivity contribution in [2.75, 3.05) is 19.7 Å². The van der Waals surface area contributed by atoms with Crippen LogP contribution >= 0.6 is 0 Å². The zero-order valence-electron chi connectivity index (χ0n) is 10.2. The Labute approximate surface area is 96.2 Å². The maximum atomic E-state index is 11.8. The van der Waals surface area contributed by atoms with Crippen LogP contribution in [0.25, 0.3) is 0 Å². The van der Waals surface area contributed by atoms with Crippen molar-refractivity contribution in [3.63, 3.8) is 0 Å². The number of nitrogens with zero attached hydrogens (tertiary/aromatic N) is 1. The Hall–Kier alpha value is -1.23. The van der Waals surface area contributed by atoms with E-state index in [1.165, 1.54) is 4.90 Å². The van der Waals surface area contributed by atoms with Gasteiger partial charge in [-0.25, -0.2) is 9.69 Å². The summed E-state index contributed by atoms with van der Waals surface area (Å²) in [5, 5.41) is 0. The first-order chi connectivity index (χ1) is 7.44. The van der Waals surface area contributed by atoms with Crippen LogP contribution in [0.4, 0.5) is 4.79 Å². The lowest BCUT2D eigenvalue weighted by atomic mass is 10.2. The molecule has 0 spiro atoms. The summed E-state index contributed by atoms with van der Waals surface area (Å²) in [6, 6.07) is 0. The molecule has 0 atom stereocenters. The van der Waals surface area contributed by atoms with E-state index < -0.39 is 5.60 Å². The van der Waals surface area contributed by atoms with Gasteiger partial charge in [-0.05, 0) is 39.8 Å². The van der Waals surface area contributed by atoms with Gasteiger partial charge in [0.15, 0.2) is 5.88 Å². The molecule has 0 aromatic heterocycles. The van der Waals surface area contributed by atoms with Gasteiger partial charge < -0.3 is 15.2 Å². The molecule has 1 aliphatic heterocycles. The number of nitrogens with two attached hydrogens (primary N) is 1. The van der Waals surface area contributed by atoms with E-state index in [0.717, 1.165) is 0 Å². The lowest BCUT2D eigenvalue weighted by Gasteiger charge is -2.23. The van der Waals surface area contributed by atoms with Gasteiger partial charge in [-0.1, -0.05) is 0 Å². The van der Waals surface area contributed by atoms with Crippen LogP contribution in [0.5, 0.6) is 0 Å². The van der Waals surface area contributed by atoms with Gasteiger partial charge in [0.1, 0.15) is 12.2 Å². The third-order valence-corrected chi connectivity index (χ3v) is 1.93. The number of rotatable bonds is 2. The normalized spacial score (nSPS) is 18.8. The highest BCUT2D eigenvalue weighted by molar-refractivity contribution is 5.70. The van der Waals surface area contributed by atoms with Crippen LogP contribution in [-0.4, -0.2) is 36.3 Å². The minimum absolute atomic E-state index is 0.367. The van der Waals surface area contributed by atoms with E-state index in [-0.39, 0.29) is 6.09 Å². The molecule has 1 saturated heterocycles. The molecule has 5 nitrogen and oxygen atoms in total. The van der Waals surface area contributed by atoms with Crippen molar-refractivity contribution in [2.24, 2.45) is 5.73 Å². The fourth-order valence-electron chi connectivity index (χ4n) is 1.30. The molecule has 5 heteroatoms. The molecule has 1 rings (SSSR count). The van der Waals surface area contributed by atoms with E-state index in [9.17, 15) is 4.79 Å². The van der Waals surface area contributed by atoms with Gasteiger partial charge in [0.05, 0.1) is 6.54 Å². The van der Waals surface area contributed by atoms with E-state index in [0.29, 0.717) is 32.0 Å². The summed E-state index contributed by atoms with van der Waals surface area (Å²) in [6.45, 7) is 7.09. The maximum Gasteiger partial charge on any atom is 0.417 e. The van der Waals surface area contributed by atoms with E-state index >= 15 is 0 Å². The molecule has 0 aromatic carbocycles. The zero-order chi connectivity index (χ0) is 12.2. The SMILES string of the molecule is CC(C)(C)OC(=O)N1CCOC1=CCCN. The summed E-state index contributed by atoms with van der Waals surface area (Å²) in [4.78, 5) is 13.3. The van der Waals surface area contributed by atoms with Crippen LogP contribution < -0.4 is 5.73 Å². The zero-order valence-corrected chi connectivity index (χ0v) is 10.2. The summed E-state index contributed by atoms with van der Waals surface area (Å²) >= 11 is 0. The second-order valence-corrected chi connectivity index (χ2v) is 4.60. The van der Waals surface area contributed by atoms with Crippen LogP contribution in [0.3, 0.4) is 0 Å². The van der Waals surface area contributed by atoms with Crippen LogP contribution in [0.2, 0.25) is 0 Å². The predicted molar refractivity (Wildman–Crippen MR) is 60.6 cm³/mol. The summed E-state index contributed by atoms with van der Waals surface area (Å²) in [5.41, 5.74) is 4.91. The average Bonchev–Trinajstić information content (AvgIpc) is 2.59. The Kier molecular flexibility index (Phi) is 4.18. The Morgan fingerprint density at radius 1 is 1.62 bits per heavy atom. The number of ether oxygens (including phenoxy) is 2. The Morgan fingerprint density at radius 3 is 2.88 bits per heavy atom. The molecule has 2 N–H and O–H groups in total. The molecule has 1 fully saturated rings. The molecule has 1 aliphatic rings. The molecule has 0 radical (unpaired) electrons. The molecule has 1 heterocycles. The highest BCUT2D eigenvalue weighted by Gasteiger charge is 2.29. The third kappa shape index (κ3) is 3.73. The van der Waals surface area contributed by atoms with Crippen molar-refractivity contribution in [2.45, 2.75) is 32.8 Å². The highest BCUT2D eigenvalue weighted by Crippen LogP contribution is 2.18. The molecule has 0 saturated carbocycles. The van der Waals surface area contributed by atoms with E-state index in [4.69, 9.17) is 15.2 Å². The van der Waals surface area contributed by atoms with Crippen molar-refractivity contribution >= 4 is 6.09 Å². The molecule has 0 aromatic rings. The standard InChI is InChI=1S/C11H20N2O3/c1-11(2,3)16-10(14)13-7-8-15-9(13)5-4-6-12/h5H,4,6-8,12H2,1-3H3. The topological polar surface area (TPSA) is 64.8 Å². The minimum Gasteiger partial charge on any atom is -0.477 e. The second kappa shape index (κ2) is 5.21. The lowest BCUT2D eigenvalue weighted by molar-refractivity contribution is 0.0314. The molecule has 1 amide bonds. The minimum atomic E-state index is -0.487. The third-order valence-electron chi connectivity index (χ3n) is 1.93. The van der Waals surface area contributed by atoms with Crippen molar-refractivity contribution in [3.05, 3.63) is 12.0 Å². The largest absolute Gasteiger partial charge is 0.477 e. The van der Waals surface area contributed by atoms with E-state index in [1.807, 2.05) is 26.8 Å². The highest BCUT2D eigenvalue weighted by atomic mass is 16.6. The monoisotopic (exact) mass is 228 g/mol. The van der Waals surface area contributed by atoms with Gasteiger partial charge in [0.25, 0.3) is 0 Å². The fraction of sp³-hybridized carbons (Fsp3) is 0.727. The van der Waals surface area contributed by atoms with Crippen LogP contribution in [0.1, 0.15) is 27.2 Å². The molecule has 0 unspecified atom stereocenters. The maximum absolute atomic E-state index is 11.8. The number of hydrogen-bond acceptors (Lipinski definition) is 4. The summed E-state index contributed by atoms with van der Waals surface area (Å²) in [6.07, 6.45) is 2.14. The molecular formula is C11H20N2O3. The van der Waals surface area contributed by atoms with Gasteiger partial charge >= 0.3 is 6.09 Å². The van der Waals surface area contributed by atoms with Gasteiger partial charge in [-0.15, -0.1) is 0 Å². The van der Waals surface area contributed by atoms with Gasteiger partial charge in [-0.2, -0.15) is 0 Å². The van der Waals surface area contributed by atoms with Crippen molar-refractivity contribution < 1.29 is 14.3 Å². The number of carbonyl (C=O) groups is 1. The van der Waals surface area contributed by atoms with Crippen molar-refractivity contribution in [1.82, 2.24) is 4.90 Å². The molecule has 0 bridgehead atoms. The Bertz CT molecular complexity index is 281. The lowest BCUT2D eigenvalue weighted by Crippen LogP contribution is -2.34. The first-order valence-electron chi connectivity index (χ1n) is 5.47. The summed E-state index contributed by atoms with van der Waals surface area (Å²) in [5.74, 6) is 0.555. The van der Waals surface area contributed by atoms with Gasteiger partial charge in [-0.3, -0.25) is 0 Å². The Balaban J connectivity index is 2.61. The van der Waals surface area contributed by atoms with Crippen LogP contribution in [-0.2, 0) is 9.47 Å². The number of amides is 1. The predicted octanol–water partition coefficient (Wildman–Crippen LogP) is 1.44. The molecule has 16 heavy (non-hydrogen) atoms. The first-order valence-corrected chi connectivity index (χ1v) is 5.47. The molecule has 0 aliphatic carbocycles. The second-order valence-electron chi connectivity index (χ2n) is 4.60. The van der Waals surface area contributed by atoms with Crippen molar-refractivity contribution in [3.8, 4) is 0 Å². The average molecular weight is 228 g/mol. The molecule has 92 valence electrons. The summed E-state index contributed by atoms with van der Waals surface area (Å²) < 4.78 is 10.6. The van der Waals surface area contributed by atoms with Crippen LogP contribution in [0, 0.1) is 0 Å². The smallest absolute Gasteiger partial charge is 0.417 e. The van der Waals surface area contributed by atoms with Crippen LogP contribution in [0.15, 0.2) is 12.0 Å². The van der Waals surface area contributed by atoms with E-state index in [1.54, 1.807) is 0 Å². The van der Waals surface area contributed by atoms with Gasteiger partial charge in [0, 0.05) is 0 Å². The number of carbonyl (C=O) groups excluding carboxylic acids is 1. The number of hydrogen-bond donors (Lipinski definition) is 1. The quantitative estimate of drug-likeness (QED) is 0.776.